The summed E-state index contributed by atoms with van der Waals surface area (Å²) in [5.74, 6) is -2.28. The number of aromatic carboxylic acids is 1. The Labute approximate surface area is 102 Å². The van der Waals surface area contributed by atoms with Crippen LogP contribution in [0.25, 0.3) is 0 Å². The van der Waals surface area contributed by atoms with Gasteiger partial charge in [-0.25, -0.2) is 9.18 Å². The Morgan fingerprint density at radius 3 is 2.50 bits per heavy atom. The molecule has 7 heteroatoms. The molecule has 18 heavy (non-hydrogen) atoms. The summed E-state index contributed by atoms with van der Waals surface area (Å²) in [5, 5.41) is 36.5. The van der Waals surface area contributed by atoms with E-state index in [4.69, 9.17) is 15.9 Å². The van der Waals surface area contributed by atoms with Crippen LogP contribution >= 0.6 is 0 Å². The van der Waals surface area contributed by atoms with Gasteiger partial charge in [-0.05, 0) is 18.6 Å². The summed E-state index contributed by atoms with van der Waals surface area (Å²) in [4.78, 5) is 10.8. The molecule has 0 aliphatic heterocycles. The maximum Gasteiger partial charge on any atom is 0.337 e. The number of nitrogen functional groups attached to an aromatic ring is 1. The summed E-state index contributed by atoms with van der Waals surface area (Å²) < 4.78 is 13.5. The molecule has 0 radical (unpaired) electrons. The number of carbonyl (C=O) groups is 1. The van der Waals surface area contributed by atoms with Crippen LogP contribution in [0, 0.1) is 5.82 Å². The van der Waals surface area contributed by atoms with Gasteiger partial charge in [-0.2, -0.15) is 0 Å². The van der Waals surface area contributed by atoms with E-state index in [1.165, 1.54) is 0 Å². The average molecular weight is 259 g/mol. The minimum Gasteiger partial charge on any atom is -0.478 e. The van der Waals surface area contributed by atoms with Crippen LogP contribution in [-0.2, 0) is 0 Å². The smallest absolute Gasteiger partial charge is 0.337 e. The maximum atomic E-state index is 13.5. The second-order valence-corrected chi connectivity index (χ2v) is 3.79. The highest BCUT2D eigenvalue weighted by Crippen LogP contribution is 2.26. The minimum atomic E-state index is -1.63. The first kappa shape index (κ1) is 14.4. The molecule has 1 aromatic carbocycles. The Morgan fingerprint density at radius 2 is 2.00 bits per heavy atom. The number of aliphatic hydroxyl groups is 3. The zero-order valence-corrected chi connectivity index (χ0v) is 9.38. The Kier molecular flexibility index (Phi) is 4.60. The third-order valence-electron chi connectivity index (χ3n) is 2.51. The molecule has 0 fully saturated rings. The molecular weight excluding hydrogens is 245 g/mol. The molecular formula is C11H14FNO5. The lowest BCUT2D eigenvalue weighted by Gasteiger charge is -2.18. The first-order valence-electron chi connectivity index (χ1n) is 5.17. The van der Waals surface area contributed by atoms with Crippen molar-refractivity contribution >= 4 is 11.7 Å². The minimum absolute atomic E-state index is 0.159. The number of halogens is 1. The van der Waals surface area contributed by atoms with Gasteiger partial charge in [0.2, 0.25) is 0 Å². The predicted molar refractivity (Wildman–Crippen MR) is 60.4 cm³/mol. The Bertz CT molecular complexity index is 451. The molecule has 0 spiro atoms. The lowest BCUT2D eigenvalue weighted by Crippen LogP contribution is -2.21. The number of anilines is 1. The van der Waals surface area contributed by atoms with Gasteiger partial charge in [-0.15, -0.1) is 0 Å². The number of benzene rings is 1. The third kappa shape index (κ3) is 2.95. The lowest BCUT2D eigenvalue weighted by atomic mass is 9.98. The molecule has 6 nitrogen and oxygen atoms in total. The molecule has 0 amide bonds. The van der Waals surface area contributed by atoms with Crippen LogP contribution < -0.4 is 5.73 Å². The number of carboxylic acid groups (broad SMARTS) is 1. The summed E-state index contributed by atoms with van der Waals surface area (Å²) in [7, 11) is 0. The van der Waals surface area contributed by atoms with E-state index in [1.54, 1.807) is 0 Å². The highest BCUT2D eigenvalue weighted by Gasteiger charge is 2.23. The van der Waals surface area contributed by atoms with E-state index in [1.807, 2.05) is 0 Å². The highest BCUT2D eigenvalue weighted by atomic mass is 19.1. The number of nitrogens with two attached hydrogens (primary N) is 1. The maximum absolute atomic E-state index is 13.5. The molecule has 0 saturated heterocycles. The molecule has 2 unspecified atom stereocenters. The monoisotopic (exact) mass is 259 g/mol. The van der Waals surface area contributed by atoms with Crippen molar-refractivity contribution in [2.45, 2.75) is 18.6 Å². The molecule has 6 N–H and O–H groups in total. The van der Waals surface area contributed by atoms with Crippen molar-refractivity contribution in [1.82, 2.24) is 0 Å². The summed E-state index contributed by atoms with van der Waals surface area (Å²) in [6, 6.07) is 1.64. The number of rotatable bonds is 5. The molecule has 100 valence electrons. The summed E-state index contributed by atoms with van der Waals surface area (Å²) in [6.07, 6.45) is -3.18. The van der Waals surface area contributed by atoms with Crippen molar-refractivity contribution in [1.29, 1.82) is 0 Å². The average Bonchev–Trinajstić information content (AvgIpc) is 2.28. The molecule has 2 atom stereocenters. The summed E-state index contributed by atoms with van der Waals surface area (Å²) in [6.45, 7) is -0.388. The third-order valence-corrected chi connectivity index (χ3v) is 2.51. The summed E-state index contributed by atoms with van der Waals surface area (Å²) >= 11 is 0. The van der Waals surface area contributed by atoms with Gasteiger partial charge in [-0.1, -0.05) is 0 Å². The van der Waals surface area contributed by atoms with E-state index in [0.29, 0.717) is 0 Å². The van der Waals surface area contributed by atoms with Crippen molar-refractivity contribution in [2.24, 2.45) is 0 Å². The molecule has 0 saturated carbocycles. The number of hydrogen-bond donors (Lipinski definition) is 5. The van der Waals surface area contributed by atoms with Gasteiger partial charge in [0.05, 0.1) is 11.7 Å². The van der Waals surface area contributed by atoms with E-state index in [9.17, 15) is 19.4 Å². The normalized spacial score (nSPS) is 14.2. The molecule has 0 aliphatic carbocycles. The van der Waals surface area contributed by atoms with Crippen molar-refractivity contribution < 1.29 is 29.6 Å². The van der Waals surface area contributed by atoms with E-state index in [2.05, 4.69) is 0 Å². The van der Waals surface area contributed by atoms with Gasteiger partial charge in [0.15, 0.2) is 0 Å². The first-order valence-corrected chi connectivity index (χ1v) is 5.17. The fourth-order valence-electron chi connectivity index (χ4n) is 1.51. The van der Waals surface area contributed by atoms with Gasteiger partial charge in [0, 0.05) is 17.9 Å². The Balaban J connectivity index is 3.15. The molecule has 1 aromatic rings. The van der Waals surface area contributed by atoms with Gasteiger partial charge in [0.25, 0.3) is 0 Å². The quantitative estimate of drug-likeness (QED) is 0.470. The summed E-state index contributed by atoms with van der Waals surface area (Å²) in [5.41, 5.74) is 4.32. The van der Waals surface area contributed by atoms with E-state index in [0.717, 1.165) is 12.1 Å². The van der Waals surface area contributed by atoms with Crippen molar-refractivity contribution in [3.8, 4) is 0 Å². The second-order valence-electron chi connectivity index (χ2n) is 3.79. The van der Waals surface area contributed by atoms with Crippen LogP contribution in [0.2, 0.25) is 0 Å². The number of hydrogen-bond acceptors (Lipinski definition) is 5. The topological polar surface area (TPSA) is 124 Å². The Morgan fingerprint density at radius 1 is 1.39 bits per heavy atom. The molecule has 0 aromatic heterocycles. The van der Waals surface area contributed by atoms with Crippen molar-refractivity contribution in [3.05, 3.63) is 29.1 Å². The van der Waals surface area contributed by atoms with Crippen LogP contribution in [0.15, 0.2) is 12.1 Å². The van der Waals surface area contributed by atoms with Crippen LogP contribution in [0.1, 0.15) is 28.4 Å². The molecule has 0 heterocycles. The zero-order chi connectivity index (χ0) is 13.9. The molecule has 1 rings (SSSR count). The molecule has 0 aliphatic rings. The number of carboxylic acids is 1. The van der Waals surface area contributed by atoms with Crippen molar-refractivity contribution in [3.63, 3.8) is 0 Å². The SMILES string of the molecule is Nc1cc(F)c(C(O)C(O)CCO)cc1C(=O)O. The van der Waals surface area contributed by atoms with E-state index >= 15 is 0 Å². The molecule has 0 bridgehead atoms. The van der Waals surface area contributed by atoms with Crippen LogP contribution in [0.5, 0.6) is 0 Å². The lowest BCUT2D eigenvalue weighted by molar-refractivity contribution is 0.00230. The van der Waals surface area contributed by atoms with Crippen LogP contribution in [0.4, 0.5) is 10.1 Å². The van der Waals surface area contributed by atoms with Crippen molar-refractivity contribution in [2.75, 3.05) is 12.3 Å². The standard InChI is InChI=1S/C11H14FNO5/c12-7-4-8(13)6(11(17)18)3-5(7)10(16)9(15)1-2-14/h3-4,9-10,14-16H,1-2,13H2,(H,17,18). The largest absolute Gasteiger partial charge is 0.478 e. The van der Waals surface area contributed by atoms with Crippen LogP contribution in [-0.4, -0.2) is 39.1 Å². The second kappa shape index (κ2) is 5.76. The number of aliphatic hydroxyl groups excluding tert-OH is 3. The van der Waals surface area contributed by atoms with E-state index in [-0.39, 0.29) is 29.8 Å². The van der Waals surface area contributed by atoms with Gasteiger partial charge >= 0.3 is 5.97 Å². The first-order chi connectivity index (χ1) is 8.38. The van der Waals surface area contributed by atoms with Gasteiger partial charge < -0.3 is 26.2 Å². The fraction of sp³-hybridized carbons (Fsp3) is 0.364. The van der Waals surface area contributed by atoms with Crippen LogP contribution in [0.3, 0.4) is 0 Å². The Hall–Kier alpha value is -1.70. The highest BCUT2D eigenvalue weighted by molar-refractivity contribution is 5.93. The predicted octanol–water partition coefficient (Wildman–Crippen LogP) is -0.117. The van der Waals surface area contributed by atoms with Gasteiger partial charge in [-0.3, -0.25) is 0 Å². The fourth-order valence-corrected chi connectivity index (χ4v) is 1.51. The van der Waals surface area contributed by atoms with E-state index < -0.39 is 24.0 Å². The van der Waals surface area contributed by atoms with Gasteiger partial charge in [0.1, 0.15) is 11.9 Å². The zero-order valence-electron chi connectivity index (χ0n) is 9.38.